The maximum Gasteiger partial charge on any atom is 0.241 e. The first-order valence-corrected chi connectivity index (χ1v) is 10.9. The maximum atomic E-state index is 12.6. The molecule has 0 radical (unpaired) electrons. The number of rotatable bonds is 7. The van der Waals surface area contributed by atoms with Gasteiger partial charge in [0.1, 0.15) is 6.54 Å². The van der Waals surface area contributed by atoms with Crippen LogP contribution in [0.5, 0.6) is 0 Å². The largest absolute Gasteiger partial charge is 0.348 e. The number of carbonyl (C=O) groups excluding carboxylic acids is 1. The van der Waals surface area contributed by atoms with E-state index < -0.39 is 10.0 Å². The van der Waals surface area contributed by atoms with E-state index in [9.17, 15) is 13.2 Å². The molecule has 2 aromatic rings. The van der Waals surface area contributed by atoms with Crippen LogP contribution in [0, 0.1) is 13.8 Å². The van der Waals surface area contributed by atoms with E-state index in [4.69, 9.17) is 11.6 Å². The molecule has 0 aliphatic carbocycles. The van der Waals surface area contributed by atoms with Gasteiger partial charge in [0.15, 0.2) is 0 Å². The SMILES string of the molecule is CC[C@H](NC(=O)CN(c1ccc(Cl)cc1C)S(C)(=O)=O)c1ccc(C)cc1. The van der Waals surface area contributed by atoms with E-state index in [0.717, 1.165) is 21.7 Å². The molecule has 2 aromatic carbocycles. The van der Waals surface area contributed by atoms with E-state index in [-0.39, 0.29) is 18.5 Å². The van der Waals surface area contributed by atoms with Gasteiger partial charge in [-0.15, -0.1) is 0 Å². The van der Waals surface area contributed by atoms with Gasteiger partial charge in [-0.2, -0.15) is 0 Å². The highest BCUT2D eigenvalue weighted by atomic mass is 35.5. The first-order chi connectivity index (χ1) is 12.6. The molecule has 5 nitrogen and oxygen atoms in total. The van der Waals surface area contributed by atoms with E-state index in [1.54, 1.807) is 25.1 Å². The Labute approximate surface area is 166 Å². The van der Waals surface area contributed by atoms with E-state index in [1.807, 2.05) is 38.1 Å². The summed E-state index contributed by atoms with van der Waals surface area (Å²) in [6.07, 6.45) is 1.79. The van der Waals surface area contributed by atoms with Crippen LogP contribution in [0.2, 0.25) is 5.02 Å². The zero-order valence-electron chi connectivity index (χ0n) is 16.0. The molecule has 0 aromatic heterocycles. The maximum absolute atomic E-state index is 12.6. The van der Waals surface area contributed by atoms with Gasteiger partial charge in [0.2, 0.25) is 15.9 Å². The predicted octanol–water partition coefficient (Wildman–Crippen LogP) is 3.99. The quantitative estimate of drug-likeness (QED) is 0.753. The number of nitrogens with zero attached hydrogens (tertiary/aromatic N) is 1. The molecular formula is C20H25ClN2O3S. The van der Waals surface area contributed by atoms with Crippen LogP contribution in [-0.2, 0) is 14.8 Å². The van der Waals surface area contributed by atoms with Crippen LogP contribution >= 0.6 is 11.6 Å². The lowest BCUT2D eigenvalue weighted by Crippen LogP contribution is -2.41. The average Bonchev–Trinajstić information content (AvgIpc) is 2.58. The molecule has 0 aliphatic heterocycles. The van der Waals surface area contributed by atoms with Gasteiger partial charge < -0.3 is 5.32 Å². The molecule has 0 fully saturated rings. The topological polar surface area (TPSA) is 66.5 Å². The standard InChI is InChI=1S/C20H25ClN2O3S/c1-5-18(16-8-6-14(2)7-9-16)22-20(24)13-23(27(4,25)26)19-11-10-17(21)12-15(19)3/h6-12,18H,5,13H2,1-4H3,(H,22,24)/t18-/m0/s1. The first kappa shape index (κ1) is 21.3. The van der Waals surface area contributed by atoms with Crippen molar-refractivity contribution in [1.82, 2.24) is 5.32 Å². The van der Waals surface area contributed by atoms with Gasteiger partial charge in [0.05, 0.1) is 18.0 Å². The molecule has 0 bridgehead atoms. The van der Waals surface area contributed by atoms with Crippen molar-refractivity contribution in [3.63, 3.8) is 0 Å². The van der Waals surface area contributed by atoms with Crippen molar-refractivity contribution in [2.45, 2.75) is 33.2 Å². The van der Waals surface area contributed by atoms with E-state index in [2.05, 4.69) is 5.32 Å². The van der Waals surface area contributed by atoms with Crippen LogP contribution in [0.4, 0.5) is 5.69 Å². The molecular weight excluding hydrogens is 384 g/mol. The van der Waals surface area contributed by atoms with Crippen LogP contribution in [-0.4, -0.2) is 27.1 Å². The highest BCUT2D eigenvalue weighted by Gasteiger charge is 2.23. The van der Waals surface area contributed by atoms with Crippen molar-refractivity contribution < 1.29 is 13.2 Å². The second-order valence-corrected chi connectivity index (χ2v) is 8.98. The Kier molecular flexibility index (Phi) is 6.89. The third-order valence-electron chi connectivity index (χ3n) is 4.34. The highest BCUT2D eigenvalue weighted by molar-refractivity contribution is 7.92. The number of halogens is 1. The second-order valence-electron chi connectivity index (χ2n) is 6.64. The molecule has 0 unspecified atom stereocenters. The third-order valence-corrected chi connectivity index (χ3v) is 5.70. The molecule has 1 amide bonds. The molecule has 27 heavy (non-hydrogen) atoms. The number of carbonyl (C=O) groups is 1. The molecule has 146 valence electrons. The summed E-state index contributed by atoms with van der Waals surface area (Å²) in [6, 6.07) is 12.7. The Hall–Kier alpha value is -2.05. The van der Waals surface area contributed by atoms with Gasteiger partial charge in [0.25, 0.3) is 0 Å². The lowest BCUT2D eigenvalue weighted by Gasteiger charge is -2.25. The van der Waals surface area contributed by atoms with Crippen molar-refractivity contribution in [3.05, 3.63) is 64.2 Å². The van der Waals surface area contributed by atoms with Crippen molar-refractivity contribution >= 4 is 33.2 Å². The van der Waals surface area contributed by atoms with Crippen LogP contribution in [0.3, 0.4) is 0 Å². The monoisotopic (exact) mass is 408 g/mol. The normalized spacial score (nSPS) is 12.5. The average molecular weight is 409 g/mol. The summed E-state index contributed by atoms with van der Waals surface area (Å²) in [5.74, 6) is -0.359. The summed E-state index contributed by atoms with van der Waals surface area (Å²) in [5, 5.41) is 3.45. The molecule has 7 heteroatoms. The Bertz CT molecular complexity index is 911. The van der Waals surface area contributed by atoms with Gasteiger partial charge in [-0.1, -0.05) is 48.4 Å². The molecule has 0 spiro atoms. The molecule has 0 saturated carbocycles. The lowest BCUT2D eigenvalue weighted by molar-refractivity contribution is -0.120. The van der Waals surface area contributed by atoms with E-state index >= 15 is 0 Å². The molecule has 1 atom stereocenters. The van der Waals surface area contributed by atoms with Gasteiger partial charge in [0, 0.05) is 5.02 Å². The summed E-state index contributed by atoms with van der Waals surface area (Å²) >= 11 is 5.96. The number of aryl methyl sites for hydroxylation is 2. The van der Waals surface area contributed by atoms with Crippen LogP contribution in [0.25, 0.3) is 0 Å². The van der Waals surface area contributed by atoms with Gasteiger partial charge in [-0.25, -0.2) is 8.42 Å². The van der Waals surface area contributed by atoms with Crippen molar-refractivity contribution in [2.24, 2.45) is 0 Å². The van der Waals surface area contributed by atoms with Gasteiger partial charge in [-0.05, 0) is 49.6 Å². The number of anilines is 1. The van der Waals surface area contributed by atoms with Crippen LogP contribution < -0.4 is 9.62 Å². The van der Waals surface area contributed by atoms with Crippen molar-refractivity contribution in [1.29, 1.82) is 0 Å². The number of nitrogens with one attached hydrogen (secondary N) is 1. The van der Waals surface area contributed by atoms with Crippen molar-refractivity contribution in [3.8, 4) is 0 Å². The first-order valence-electron chi connectivity index (χ1n) is 8.71. The van der Waals surface area contributed by atoms with Crippen LogP contribution in [0.1, 0.15) is 36.1 Å². The van der Waals surface area contributed by atoms with E-state index in [0.29, 0.717) is 22.7 Å². The molecule has 0 aliphatic rings. The van der Waals surface area contributed by atoms with Crippen molar-refractivity contribution in [2.75, 3.05) is 17.1 Å². The molecule has 0 saturated heterocycles. The van der Waals surface area contributed by atoms with Gasteiger partial charge in [-0.3, -0.25) is 9.10 Å². The number of benzene rings is 2. The Morgan fingerprint density at radius 3 is 2.30 bits per heavy atom. The summed E-state index contributed by atoms with van der Waals surface area (Å²) in [4.78, 5) is 12.6. The molecule has 2 rings (SSSR count). The fraction of sp³-hybridized carbons (Fsp3) is 0.350. The summed E-state index contributed by atoms with van der Waals surface area (Å²) < 4.78 is 25.7. The summed E-state index contributed by atoms with van der Waals surface area (Å²) in [6.45, 7) is 5.45. The minimum atomic E-state index is -3.63. The van der Waals surface area contributed by atoms with Gasteiger partial charge >= 0.3 is 0 Å². The molecule has 1 N–H and O–H groups in total. The minimum Gasteiger partial charge on any atom is -0.348 e. The second kappa shape index (κ2) is 8.76. The van der Waals surface area contributed by atoms with Crippen LogP contribution in [0.15, 0.2) is 42.5 Å². The fourth-order valence-electron chi connectivity index (χ4n) is 2.87. The Morgan fingerprint density at radius 1 is 1.15 bits per heavy atom. The third kappa shape index (κ3) is 5.71. The molecule has 0 heterocycles. The van der Waals surface area contributed by atoms with E-state index in [1.165, 1.54) is 0 Å². The number of hydrogen-bond acceptors (Lipinski definition) is 3. The smallest absolute Gasteiger partial charge is 0.241 e. The number of sulfonamides is 1. The summed E-state index contributed by atoms with van der Waals surface area (Å²) in [5.41, 5.74) is 3.26. The minimum absolute atomic E-state index is 0.175. The lowest BCUT2D eigenvalue weighted by atomic mass is 10.0. The highest BCUT2D eigenvalue weighted by Crippen LogP contribution is 2.25. The Balaban J connectivity index is 2.22. The fourth-order valence-corrected chi connectivity index (χ4v) is 4.01. The Morgan fingerprint density at radius 2 is 1.78 bits per heavy atom. The summed E-state index contributed by atoms with van der Waals surface area (Å²) in [7, 11) is -3.63. The predicted molar refractivity (Wildman–Crippen MR) is 111 cm³/mol. The zero-order chi connectivity index (χ0) is 20.2. The zero-order valence-corrected chi connectivity index (χ0v) is 17.6. The number of amides is 1. The number of hydrogen-bond donors (Lipinski definition) is 1.